The summed E-state index contributed by atoms with van der Waals surface area (Å²) in [6.07, 6.45) is 0. The van der Waals surface area contributed by atoms with E-state index in [0.29, 0.717) is 31.7 Å². The van der Waals surface area contributed by atoms with Crippen molar-refractivity contribution in [2.24, 2.45) is 5.73 Å². The van der Waals surface area contributed by atoms with E-state index in [4.69, 9.17) is 5.73 Å². The Kier molecular flexibility index (Phi) is 4.09. The summed E-state index contributed by atoms with van der Waals surface area (Å²) in [5.41, 5.74) is 5.65. The first-order chi connectivity index (χ1) is 9.39. The van der Waals surface area contributed by atoms with E-state index in [1.165, 1.54) is 0 Å². The van der Waals surface area contributed by atoms with Crippen molar-refractivity contribution in [1.82, 2.24) is 9.80 Å². The minimum atomic E-state index is -0.856. The summed E-state index contributed by atoms with van der Waals surface area (Å²) in [7, 11) is 0. The maximum Gasteiger partial charge on any atom is 0.253 e. The molecular weight excluding hydrogens is 254 g/mol. The van der Waals surface area contributed by atoms with Gasteiger partial charge in [-0.3, -0.25) is 9.59 Å². The van der Waals surface area contributed by atoms with Crippen LogP contribution in [0.5, 0.6) is 0 Å². The lowest BCUT2D eigenvalue weighted by atomic mass is 10.0. The molecule has 1 heterocycles. The van der Waals surface area contributed by atoms with E-state index < -0.39 is 5.54 Å². The van der Waals surface area contributed by atoms with E-state index in [9.17, 15) is 9.59 Å². The molecular formula is C15H21N3O2. The molecule has 2 rings (SSSR count). The van der Waals surface area contributed by atoms with Gasteiger partial charge in [0.1, 0.15) is 0 Å². The minimum absolute atomic E-state index is 0.0182. The van der Waals surface area contributed by atoms with Crippen molar-refractivity contribution in [3.63, 3.8) is 0 Å². The Morgan fingerprint density at radius 1 is 1.00 bits per heavy atom. The van der Waals surface area contributed by atoms with E-state index in [1.807, 2.05) is 30.3 Å². The van der Waals surface area contributed by atoms with Crippen LogP contribution >= 0.6 is 0 Å². The van der Waals surface area contributed by atoms with Gasteiger partial charge in [0, 0.05) is 31.7 Å². The molecule has 5 nitrogen and oxygen atoms in total. The van der Waals surface area contributed by atoms with E-state index in [2.05, 4.69) is 0 Å². The zero-order valence-corrected chi connectivity index (χ0v) is 12.0. The molecule has 0 radical (unpaired) electrons. The van der Waals surface area contributed by atoms with Crippen LogP contribution in [0.25, 0.3) is 0 Å². The van der Waals surface area contributed by atoms with Gasteiger partial charge in [-0.15, -0.1) is 0 Å². The molecule has 20 heavy (non-hydrogen) atoms. The molecule has 0 atom stereocenters. The monoisotopic (exact) mass is 275 g/mol. The third-order valence-electron chi connectivity index (χ3n) is 3.43. The van der Waals surface area contributed by atoms with Gasteiger partial charge in [-0.2, -0.15) is 0 Å². The summed E-state index contributed by atoms with van der Waals surface area (Å²) in [6, 6.07) is 9.20. The molecule has 0 aromatic heterocycles. The van der Waals surface area contributed by atoms with Crippen LogP contribution in [0.1, 0.15) is 24.2 Å². The Labute approximate surface area is 119 Å². The maximum absolute atomic E-state index is 12.3. The second-order valence-electron chi connectivity index (χ2n) is 5.67. The second kappa shape index (κ2) is 5.63. The van der Waals surface area contributed by atoms with Gasteiger partial charge in [0.25, 0.3) is 5.91 Å². The molecule has 0 aliphatic carbocycles. The molecule has 0 bridgehead atoms. The molecule has 0 saturated carbocycles. The van der Waals surface area contributed by atoms with Crippen molar-refractivity contribution in [3.8, 4) is 0 Å². The fourth-order valence-electron chi connectivity index (χ4n) is 2.28. The molecule has 1 aliphatic heterocycles. The molecule has 0 spiro atoms. The lowest BCUT2D eigenvalue weighted by Crippen LogP contribution is -2.57. The number of nitrogens with zero attached hydrogens (tertiary/aromatic N) is 2. The van der Waals surface area contributed by atoms with Crippen molar-refractivity contribution < 1.29 is 9.59 Å². The molecule has 2 N–H and O–H groups in total. The SMILES string of the molecule is CC(C)(N)C(=O)N1CCN(C(=O)c2ccccc2)CC1. The fraction of sp³-hybridized carbons (Fsp3) is 0.467. The molecule has 1 fully saturated rings. The van der Waals surface area contributed by atoms with Crippen LogP contribution in [0, 0.1) is 0 Å². The predicted octanol–water partition coefficient (Wildman–Crippen LogP) is 0.708. The Hall–Kier alpha value is -1.88. The summed E-state index contributed by atoms with van der Waals surface area (Å²) in [5.74, 6) is -0.0472. The van der Waals surface area contributed by atoms with Gasteiger partial charge in [0.15, 0.2) is 0 Å². The highest BCUT2D eigenvalue weighted by Crippen LogP contribution is 2.11. The van der Waals surface area contributed by atoms with Gasteiger partial charge in [0.2, 0.25) is 5.91 Å². The van der Waals surface area contributed by atoms with E-state index in [0.717, 1.165) is 0 Å². The topological polar surface area (TPSA) is 66.6 Å². The molecule has 1 aromatic carbocycles. The first-order valence-electron chi connectivity index (χ1n) is 6.82. The third-order valence-corrected chi connectivity index (χ3v) is 3.43. The van der Waals surface area contributed by atoms with Crippen LogP contribution in [-0.2, 0) is 4.79 Å². The number of hydrogen-bond acceptors (Lipinski definition) is 3. The highest BCUT2D eigenvalue weighted by Gasteiger charge is 2.31. The summed E-state index contributed by atoms with van der Waals surface area (Å²) >= 11 is 0. The number of carbonyl (C=O) groups excluding carboxylic acids is 2. The van der Waals surface area contributed by atoms with Crippen molar-refractivity contribution in [1.29, 1.82) is 0 Å². The standard InChI is InChI=1S/C15H21N3O2/c1-15(2,16)14(20)18-10-8-17(9-11-18)13(19)12-6-4-3-5-7-12/h3-7H,8-11,16H2,1-2H3. The average molecular weight is 275 g/mol. The van der Waals surface area contributed by atoms with Gasteiger partial charge in [-0.1, -0.05) is 18.2 Å². The van der Waals surface area contributed by atoms with Crippen LogP contribution < -0.4 is 5.73 Å². The van der Waals surface area contributed by atoms with Crippen LogP contribution in [0.15, 0.2) is 30.3 Å². The summed E-state index contributed by atoms with van der Waals surface area (Å²) in [5, 5.41) is 0. The number of carbonyl (C=O) groups is 2. The molecule has 1 aliphatic rings. The Bertz CT molecular complexity index is 486. The van der Waals surface area contributed by atoms with Crippen molar-refractivity contribution in [2.45, 2.75) is 19.4 Å². The maximum atomic E-state index is 12.3. The van der Waals surface area contributed by atoms with E-state index in [-0.39, 0.29) is 11.8 Å². The van der Waals surface area contributed by atoms with Gasteiger partial charge in [-0.05, 0) is 26.0 Å². The minimum Gasteiger partial charge on any atom is -0.338 e. The number of benzene rings is 1. The van der Waals surface area contributed by atoms with E-state index >= 15 is 0 Å². The predicted molar refractivity (Wildman–Crippen MR) is 77.2 cm³/mol. The molecule has 5 heteroatoms. The summed E-state index contributed by atoms with van der Waals surface area (Å²) in [4.78, 5) is 27.8. The van der Waals surface area contributed by atoms with Crippen molar-refractivity contribution >= 4 is 11.8 Å². The lowest BCUT2D eigenvalue weighted by Gasteiger charge is -2.37. The van der Waals surface area contributed by atoms with Crippen LogP contribution in [0.4, 0.5) is 0 Å². The van der Waals surface area contributed by atoms with Gasteiger partial charge in [-0.25, -0.2) is 0 Å². The van der Waals surface area contributed by atoms with Crippen LogP contribution in [0.3, 0.4) is 0 Å². The molecule has 108 valence electrons. The molecule has 1 saturated heterocycles. The first-order valence-corrected chi connectivity index (χ1v) is 6.82. The van der Waals surface area contributed by atoms with Gasteiger partial charge in [0.05, 0.1) is 5.54 Å². The molecule has 0 unspecified atom stereocenters. The summed E-state index contributed by atoms with van der Waals surface area (Å²) in [6.45, 7) is 5.59. The Balaban J connectivity index is 1.95. The number of nitrogens with two attached hydrogens (primary N) is 1. The number of rotatable bonds is 2. The summed E-state index contributed by atoms with van der Waals surface area (Å²) < 4.78 is 0. The third kappa shape index (κ3) is 3.17. The Morgan fingerprint density at radius 2 is 1.50 bits per heavy atom. The van der Waals surface area contributed by atoms with Crippen LogP contribution in [-0.4, -0.2) is 53.3 Å². The van der Waals surface area contributed by atoms with Crippen molar-refractivity contribution in [3.05, 3.63) is 35.9 Å². The average Bonchev–Trinajstić information content (AvgIpc) is 2.46. The first kappa shape index (κ1) is 14.5. The van der Waals surface area contributed by atoms with Crippen molar-refractivity contribution in [2.75, 3.05) is 26.2 Å². The largest absolute Gasteiger partial charge is 0.338 e. The highest BCUT2D eigenvalue weighted by atomic mass is 16.2. The normalized spacial score (nSPS) is 16.1. The quantitative estimate of drug-likeness (QED) is 0.864. The zero-order valence-electron chi connectivity index (χ0n) is 12.0. The number of piperazine rings is 1. The van der Waals surface area contributed by atoms with E-state index in [1.54, 1.807) is 23.6 Å². The van der Waals surface area contributed by atoms with Gasteiger partial charge < -0.3 is 15.5 Å². The zero-order chi connectivity index (χ0) is 14.8. The fourth-order valence-corrected chi connectivity index (χ4v) is 2.28. The smallest absolute Gasteiger partial charge is 0.253 e. The molecule has 1 aromatic rings. The Morgan fingerprint density at radius 3 is 2.00 bits per heavy atom. The van der Waals surface area contributed by atoms with Gasteiger partial charge >= 0.3 is 0 Å². The number of hydrogen-bond donors (Lipinski definition) is 1. The lowest BCUT2D eigenvalue weighted by molar-refractivity contribution is -0.137. The highest BCUT2D eigenvalue weighted by molar-refractivity contribution is 5.94. The number of amides is 2. The molecule has 2 amide bonds. The second-order valence-corrected chi connectivity index (χ2v) is 5.67. The van der Waals surface area contributed by atoms with Crippen LogP contribution in [0.2, 0.25) is 0 Å².